The quantitative estimate of drug-likeness (QED) is 0.671. The minimum atomic E-state index is -0.0670. The second-order valence-corrected chi connectivity index (χ2v) is 7.29. The fraction of sp³-hybridized carbons (Fsp3) is 0.174. The Morgan fingerprint density at radius 3 is 2.52 bits per heavy atom. The summed E-state index contributed by atoms with van der Waals surface area (Å²) in [6, 6.07) is 23.9. The molecule has 0 radical (unpaired) electrons. The van der Waals surface area contributed by atoms with Crippen LogP contribution in [0.2, 0.25) is 5.02 Å². The van der Waals surface area contributed by atoms with Gasteiger partial charge in [0.2, 0.25) is 0 Å². The predicted molar refractivity (Wildman–Crippen MR) is 111 cm³/mol. The van der Waals surface area contributed by atoms with Gasteiger partial charge < -0.3 is 10.2 Å². The largest absolute Gasteiger partial charge is 0.308 e. The summed E-state index contributed by atoms with van der Waals surface area (Å²) >= 11 is 6.53. The molecule has 0 aromatic heterocycles. The van der Waals surface area contributed by atoms with Crippen LogP contribution in [0.15, 0.2) is 72.8 Å². The van der Waals surface area contributed by atoms with Gasteiger partial charge in [-0.25, -0.2) is 0 Å². The zero-order valence-corrected chi connectivity index (χ0v) is 15.9. The smallest absolute Gasteiger partial charge is 0.259 e. The van der Waals surface area contributed by atoms with Crippen molar-refractivity contribution in [1.82, 2.24) is 5.32 Å². The van der Waals surface area contributed by atoms with Crippen molar-refractivity contribution in [1.29, 1.82) is 0 Å². The van der Waals surface area contributed by atoms with Gasteiger partial charge in [-0.3, -0.25) is 4.79 Å². The standard InChI is InChI=1S/C23H21ClN2O/c1-16-15-26(22-10-6-5-9-19(22)14-25-16)23(27)20-12-11-18(13-21(20)24)17-7-3-2-4-8-17/h2-13,16,25H,14-15H2,1H3/t16-/m1/s1. The van der Waals surface area contributed by atoms with E-state index in [1.165, 1.54) is 0 Å². The molecule has 3 aromatic rings. The summed E-state index contributed by atoms with van der Waals surface area (Å²) in [4.78, 5) is 15.2. The molecule has 1 N–H and O–H groups in total. The molecule has 3 nitrogen and oxygen atoms in total. The number of nitrogens with zero attached hydrogens (tertiary/aromatic N) is 1. The van der Waals surface area contributed by atoms with Crippen molar-refractivity contribution in [2.24, 2.45) is 0 Å². The van der Waals surface area contributed by atoms with Crippen LogP contribution < -0.4 is 10.2 Å². The molecule has 1 heterocycles. The van der Waals surface area contributed by atoms with Crippen LogP contribution in [0.25, 0.3) is 11.1 Å². The molecular weight excluding hydrogens is 356 g/mol. The first-order valence-electron chi connectivity index (χ1n) is 9.11. The van der Waals surface area contributed by atoms with Crippen LogP contribution in [0.5, 0.6) is 0 Å². The van der Waals surface area contributed by atoms with Crippen molar-refractivity contribution < 1.29 is 4.79 Å². The molecule has 27 heavy (non-hydrogen) atoms. The lowest BCUT2D eigenvalue weighted by Gasteiger charge is -2.25. The Labute approximate surface area is 164 Å². The highest BCUT2D eigenvalue weighted by molar-refractivity contribution is 6.35. The van der Waals surface area contributed by atoms with Crippen LogP contribution in [-0.4, -0.2) is 18.5 Å². The Kier molecular flexibility index (Phi) is 4.97. The van der Waals surface area contributed by atoms with Gasteiger partial charge in [0.15, 0.2) is 0 Å². The average Bonchev–Trinajstić information content (AvgIpc) is 2.87. The Bertz CT molecular complexity index is 971. The van der Waals surface area contributed by atoms with E-state index in [9.17, 15) is 4.79 Å². The van der Waals surface area contributed by atoms with E-state index in [1.54, 1.807) is 0 Å². The first-order chi connectivity index (χ1) is 13.1. The van der Waals surface area contributed by atoms with E-state index < -0.39 is 0 Å². The van der Waals surface area contributed by atoms with Crippen LogP contribution in [-0.2, 0) is 6.54 Å². The number of carbonyl (C=O) groups excluding carboxylic acids is 1. The summed E-state index contributed by atoms with van der Waals surface area (Å²) in [6.45, 7) is 3.45. The van der Waals surface area contributed by atoms with Crippen molar-refractivity contribution in [2.45, 2.75) is 19.5 Å². The number of benzene rings is 3. The third-order valence-electron chi connectivity index (χ3n) is 4.93. The number of fused-ring (bicyclic) bond motifs is 1. The zero-order valence-electron chi connectivity index (χ0n) is 15.2. The maximum absolute atomic E-state index is 13.3. The lowest BCUT2D eigenvalue weighted by Crippen LogP contribution is -2.39. The maximum Gasteiger partial charge on any atom is 0.259 e. The molecule has 0 spiro atoms. The van der Waals surface area contributed by atoms with Gasteiger partial charge in [0.25, 0.3) is 5.91 Å². The lowest BCUT2D eigenvalue weighted by molar-refractivity contribution is 0.0985. The highest BCUT2D eigenvalue weighted by Gasteiger charge is 2.26. The Hall–Kier alpha value is -2.62. The molecule has 4 rings (SSSR count). The highest BCUT2D eigenvalue weighted by atomic mass is 35.5. The SMILES string of the molecule is C[C@@H]1CN(C(=O)c2ccc(-c3ccccc3)cc2Cl)c2ccccc2CN1. The molecule has 1 amide bonds. The molecule has 3 aromatic carbocycles. The minimum absolute atomic E-state index is 0.0670. The van der Waals surface area contributed by atoms with E-state index in [2.05, 4.69) is 18.3 Å². The second-order valence-electron chi connectivity index (χ2n) is 6.89. The highest BCUT2D eigenvalue weighted by Crippen LogP contribution is 2.30. The van der Waals surface area contributed by atoms with E-state index in [-0.39, 0.29) is 11.9 Å². The summed E-state index contributed by atoms with van der Waals surface area (Å²) in [5.74, 6) is -0.0670. The lowest BCUT2D eigenvalue weighted by atomic mass is 10.0. The van der Waals surface area contributed by atoms with Crippen LogP contribution in [0.3, 0.4) is 0 Å². The zero-order chi connectivity index (χ0) is 18.8. The molecule has 0 fully saturated rings. The van der Waals surface area contributed by atoms with Gasteiger partial charge in [-0.1, -0.05) is 66.2 Å². The fourth-order valence-corrected chi connectivity index (χ4v) is 3.74. The topological polar surface area (TPSA) is 32.3 Å². The van der Waals surface area contributed by atoms with Gasteiger partial charge in [0.1, 0.15) is 0 Å². The minimum Gasteiger partial charge on any atom is -0.308 e. The average molecular weight is 377 g/mol. The predicted octanol–water partition coefficient (Wildman–Crippen LogP) is 5.15. The van der Waals surface area contributed by atoms with Crippen molar-refractivity contribution >= 4 is 23.2 Å². The summed E-state index contributed by atoms with van der Waals surface area (Å²) in [6.07, 6.45) is 0. The maximum atomic E-state index is 13.3. The van der Waals surface area contributed by atoms with Crippen molar-refractivity contribution in [2.75, 3.05) is 11.4 Å². The molecule has 0 saturated carbocycles. The number of anilines is 1. The number of hydrogen-bond acceptors (Lipinski definition) is 2. The van der Waals surface area contributed by atoms with Crippen molar-refractivity contribution in [3.63, 3.8) is 0 Å². The summed E-state index contributed by atoms with van der Waals surface area (Å²) in [5, 5.41) is 3.93. The van der Waals surface area contributed by atoms with E-state index in [0.717, 1.165) is 28.9 Å². The second kappa shape index (κ2) is 7.55. The van der Waals surface area contributed by atoms with E-state index in [0.29, 0.717) is 17.1 Å². The Morgan fingerprint density at radius 2 is 1.74 bits per heavy atom. The Balaban J connectivity index is 1.70. The number of hydrogen-bond donors (Lipinski definition) is 1. The van der Waals surface area contributed by atoms with Crippen molar-refractivity contribution in [3.05, 3.63) is 88.9 Å². The molecule has 1 atom stereocenters. The van der Waals surface area contributed by atoms with Crippen molar-refractivity contribution in [3.8, 4) is 11.1 Å². The van der Waals surface area contributed by atoms with Gasteiger partial charge in [0, 0.05) is 24.8 Å². The normalized spacial score (nSPS) is 16.5. The van der Waals surface area contributed by atoms with E-state index in [4.69, 9.17) is 11.6 Å². The molecule has 136 valence electrons. The van der Waals surface area contributed by atoms with Crippen LogP contribution in [0.1, 0.15) is 22.8 Å². The number of nitrogens with one attached hydrogen (secondary N) is 1. The van der Waals surface area contributed by atoms with Crippen LogP contribution in [0.4, 0.5) is 5.69 Å². The summed E-state index contributed by atoms with van der Waals surface area (Å²) in [5.41, 5.74) is 4.68. The van der Waals surface area contributed by atoms with Gasteiger partial charge in [-0.05, 0) is 41.8 Å². The van der Waals surface area contributed by atoms with E-state index in [1.807, 2.05) is 71.6 Å². The van der Waals surface area contributed by atoms with Gasteiger partial charge in [-0.2, -0.15) is 0 Å². The molecule has 1 aliphatic rings. The third-order valence-corrected chi connectivity index (χ3v) is 5.24. The molecule has 0 bridgehead atoms. The van der Waals surface area contributed by atoms with E-state index >= 15 is 0 Å². The first-order valence-corrected chi connectivity index (χ1v) is 9.49. The number of rotatable bonds is 2. The summed E-state index contributed by atoms with van der Waals surface area (Å²) < 4.78 is 0. The fourth-order valence-electron chi connectivity index (χ4n) is 3.48. The van der Waals surface area contributed by atoms with Gasteiger partial charge in [0.05, 0.1) is 10.6 Å². The van der Waals surface area contributed by atoms with Crippen LogP contribution >= 0.6 is 11.6 Å². The molecule has 0 aliphatic carbocycles. The first kappa shape index (κ1) is 17.8. The number of carbonyl (C=O) groups is 1. The Morgan fingerprint density at radius 1 is 1.00 bits per heavy atom. The number of para-hydroxylation sites is 1. The number of amides is 1. The molecule has 0 saturated heterocycles. The molecule has 4 heteroatoms. The number of halogens is 1. The molecular formula is C23H21ClN2O. The van der Waals surface area contributed by atoms with Gasteiger partial charge >= 0.3 is 0 Å². The third kappa shape index (κ3) is 3.61. The van der Waals surface area contributed by atoms with Crippen LogP contribution in [0, 0.1) is 0 Å². The molecule has 1 aliphatic heterocycles. The van der Waals surface area contributed by atoms with Gasteiger partial charge in [-0.15, -0.1) is 0 Å². The molecule has 0 unspecified atom stereocenters. The monoisotopic (exact) mass is 376 g/mol. The summed E-state index contributed by atoms with van der Waals surface area (Å²) in [7, 11) is 0.